The average molecular weight is 227 g/mol. The monoisotopic (exact) mass is 227 g/mol. The molecule has 0 bridgehead atoms. The second-order valence-electron chi connectivity index (χ2n) is 4.37. The maximum Gasteiger partial charge on any atom is 0.212 e. The summed E-state index contributed by atoms with van der Waals surface area (Å²) in [6.07, 6.45) is 1.85. The molecule has 88 valence electrons. The zero-order valence-electron chi connectivity index (χ0n) is 10.5. The van der Waals surface area contributed by atoms with Crippen molar-refractivity contribution < 1.29 is 4.74 Å². The van der Waals surface area contributed by atoms with Gasteiger partial charge in [0.1, 0.15) is 0 Å². The summed E-state index contributed by atoms with van der Waals surface area (Å²) in [5, 5.41) is 0. The number of benzene rings is 1. The van der Waals surface area contributed by atoms with E-state index in [9.17, 15) is 0 Å². The van der Waals surface area contributed by atoms with Gasteiger partial charge in [-0.25, -0.2) is 4.98 Å². The molecule has 2 aromatic rings. The summed E-state index contributed by atoms with van der Waals surface area (Å²) in [7, 11) is 1.63. The predicted octanol–water partition coefficient (Wildman–Crippen LogP) is 3.88. The molecule has 0 amide bonds. The van der Waals surface area contributed by atoms with Crippen molar-refractivity contribution in [2.45, 2.75) is 19.8 Å². The van der Waals surface area contributed by atoms with E-state index >= 15 is 0 Å². The molecule has 1 aromatic carbocycles. The molecule has 0 spiro atoms. The summed E-state index contributed by atoms with van der Waals surface area (Å²) < 4.78 is 5.06. The van der Waals surface area contributed by atoms with Crippen LogP contribution in [-0.4, -0.2) is 12.1 Å². The van der Waals surface area contributed by atoms with Crippen molar-refractivity contribution in [1.82, 2.24) is 4.98 Å². The van der Waals surface area contributed by atoms with E-state index in [0.29, 0.717) is 11.8 Å². The summed E-state index contributed by atoms with van der Waals surface area (Å²) in [6.45, 7) is 4.40. The molecule has 0 radical (unpaired) electrons. The molecule has 0 atom stereocenters. The number of rotatable bonds is 3. The molecule has 0 saturated heterocycles. The Morgan fingerprint density at radius 1 is 1.06 bits per heavy atom. The van der Waals surface area contributed by atoms with Gasteiger partial charge in [0.25, 0.3) is 0 Å². The van der Waals surface area contributed by atoms with E-state index in [1.807, 2.05) is 18.3 Å². The van der Waals surface area contributed by atoms with Crippen molar-refractivity contribution in [2.24, 2.45) is 0 Å². The number of ether oxygens (including phenoxy) is 1. The Balaban J connectivity index is 2.35. The van der Waals surface area contributed by atoms with E-state index in [-0.39, 0.29) is 0 Å². The Morgan fingerprint density at radius 2 is 1.88 bits per heavy atom. The molecule has 0 aliphatic rings. The van der Waals surface area contributed by atoms with Gasteiger partial charge >= 0.3 is 0 Å². The number of hydrogen-bond donors (Lipinski definition) is 0. The van der Waals surface area contributed by atoms with Gasteiger partial charge in [-0.05, 0) is 23.1 Å². The molecule has 1 aromatic heterocycles. The lowest BCUT2D eigenvalue weighted by atomic mass is 9.98. The first-order chi connectivity index (χ1) is 8.20. The van der Waals surface area contributed by atoms with E-state index in [1.165, 1.54) is 11.1 Å². The van der Waals surface area contributed by atoms with Gasteiger partial charge in [-0.15, -0.1) is 0 Å². The second kappa shape index (κ2) is 5.00. The van der Waals surface area contributed by atoms with Gasteiger partial charge in [0.2, 0.25) is 5.88 Å². The summed E-state index contributed by atoms with van der Waals surface area (Å²) in [6, 6.07) is 12.5. The van der Waals surface area contributed by atoms with Crippen molar-refractivity contribution in [2.75, 3.05) is 7.11 Å². The van der Waals surface area contributed by atoms with Gasteiger partial charge in [0.15, 0.2) is 0 Å². The van der Waals surface area contributed by atoms with Gasteiger partial charge in [-0.2, -0.15) is 0 Å². The highest BCUT2D eigenvalue weighted by molar-refractivity contribution is 5.63. The normalized spacial score (nSPS) is 10.6. The van der Waals surface area contributed by atoms with Crippen LogP contribution in [0.25, 0.3) is 11.1 Å². The largest absolute Gasteiger partial charge is 0.481 e. The van der Waals surface area contributed by atoms with Gasteiger partial charge in [0, 0.05) is 17.8 Å². The fourth-order valence-electron chi connectivity index (χ4n) is 1.75. The van der Waals surface area contributed by atoms with Crippen LogP contribution in [0.1, 0.15) is 25.3 Å². The summed E-state index contributed by atoms with van der Waals surface area (Å²) in [5.74, 6) is 1.19. The third-order valence-electron chi connectivity index (χ3n) is 2.83. The highest BCUT2D eigenvalue weighted by atomic mass is 16.5. The summed E-state index contributed by atoms with van der Waals surface area (Å²) in [5.41, 5.74) is 3.66. The molecule has 1 heterocycles. The zero-order chi connectivity index (χ0) is 12.3. The molecule has 0 unspecified atom stereocenters. The van der Waals surface area contributed by atoms with Crippen LogP contribution in [0.4, 0.5) is 0 Å². The number of methoxy groups -OCH3 is 1. The Hall–Kier alpha value is -1.83. The first-order valence-corrected chi connectivity index (χ1v) is 5.81. The Morgan fingerprint density at radius 3 is 2.47 bits per heavy atom. The molecule has 0 aliphatic heterocycles. The maximum absolute atomic E-state index is 5.06. The van der Waals surface area contributed by atoms with Crippen molar-refractivity contribution in [1.29, 1.82) is 0 Å². The molecular weight excluding hydrogens is 210 g/mol. The Kier molecular flexibility index (Phi) is 3.43. The summed E-state index contributed by atoms with van der Waals surface area (Å²) in [4.78, 5) is 4.23. The standard InChI is InChI=1S/C15H17NO/c1-11(2)12-5-4-6-13(9-12)14-7-8-15(17-3)16-10-14/h4-11H,1-3H3. The first-order valence-electron chi connectivity index (χ1n) is 5.81. The molecule has 0 aliphatic carbocycles. The minimum absolute atomic E-state index is 0.543. The number of hydrogen-bond acceptors (Lipinski definition) is 2. The highest BCUT2D eigenvalue weighted by Crippen LogP contribution is 2.24. The van der Waals surface area contributed by atoms with Crippen LogP contribution in [-0.2, 0) is 0 Å². The topological polar surface area (TPSA) is 22.1 Å². The maximum atomic E-state index is 5.06. The third-order valence-corrected chi connectivity index (χ3v) is 2.83. The van der Waals surface area contributed by atoms with Crippen LogP contribution in [0.2, 0.25) is 0 Å². The fraction of sp³-hybridized carbons (Fsp3) is 0.267. The Bertz CT molecular complexity index is 489. The van der Waals surface area contributed by atoms with Crippen molar-refractivity contribution >= 4 is 0 Å². The minimum Gasteiger partial charge on any atom is -0.481 e. The number of aromatic nitrogens is 1. The third kappa shape index (κ3) is 2.64. The van der Waals surface area contributed by atoms with Gasteiger partial charge in [-0.1, -0.05) is 38.1 Å². The number of pyridine rings is 1. The van der Waals surface area contributed by atoms with Crippen LogP contribution in [0.3, 0.4) is 0 Å². The van der Waals surface area contributed by atoms with Crippen molar-refractivity contribution in [3.63, 3.8) is 0 Å². The molecule has 2 nitrogen and oxygen atoms in total. The van der Waals surface area contributed by atoms with Crippen molar-refractivity contribution in [3.05, 3.63) is 48.2 Å². The molecule has 2 heteroatoms. The van der Waals surface area contributed by atoms with Gasteiger partial charge in [-0.3, -0.25) is 0 Å². The zero-order valence-corrected chi connectivity index (χ0v) is 10.5. The molecule has 17 heavy (non-hydrogen) atoms. The highest BCUT2D eigenvalue weighted by Gasteiger charge is 2.03. The van der Waals surface area contributed by atoms with Crippen LogP contribution in [0.5, 0.6) is 5.88 Å². The minimum atomic E-state index is 0.543. The second-order valence-corrected chi connectivity index (χ2v) is 4.37. The average Bonchev–Trinajstić information content (AvgIpc) is 2.39. The van der Waals surface area contributed by atoms with E-state index in [0.717, 1.165) is 5.56 Å². The van der Waals surface area contributed by atoms with Crippen LogP contribution in [0.15, 0.2) is 42.6 Å². The molecule has 0 saturated carbocycles. The smallest absolute Gasteiger partial charge is 0.212 e. The first kappa shape index (κ1) is 11.6. The molecule has 0 N–H and O–H groups in total. The van der Waals surface area contributed by atoms with Crippen LogP contribution >= 0.6 is 0 Å². The van der Waals surface area contributed by atoms with E-state index < -0.39 is 0 Å². The predicted molar refractivity (Wildman–Crippen MR) is 70.3 cm³/mol. The van der Waals surface area contributed by atoms with Gasteiger partial charge in [0.05, 0.1) is 7.11 Å². The fourth-order valence-corrected chi connectivity index (χ4v) is 1.75. The van der Waals surface area contributed by atoms with E-state index in [4.69, 9.17) is 4.74 Å². The lowest BCUT2D eigenvalue weighted by molar-refractivity contribution is 0.398. The molecule has 2 rings (SSSR count). The van der Waals surface area contributed by atoms with E-state index in [2.05, 4.69) is 43.1 Å². The number of nitrogens with zero attached hydrogens (tertiary/aromatic N) is 1. The van der Waals surface area contributed by atoms with Crippen molar-refractivity contribution in [3.8, 4) is 17.0 Å². The lowest BCUT2D eigenvalue weighted by Crippen LogP contribution is -1.89. The van der Waals surface area contributed by atoms with E-state index in [1.54, 1.807) is 7.11 Å². The van der Waals surface area contributed by atoms with Gasteiger partial charge < -0.3 is 4.74 Å². The molecular formula is C15H17NO. The Labute approximate surface area is 102 Å². The molecule has 0 fully saturated rings. The quantitative estimate of drug-likeness (QED) is 0.793. The summed E-state index contributed by atoms with van der Waals surface area (Å²) >= 11 is 0. The SMILES string of the molecule is COc1ccc(-c2cccc(C(C)C)c2)cn1. The lowest BCUT2D eigenvalue weighted by Gasteiger charge is -2.08. The van der Waals surface area contributed by atoms with Crippen LogP contribution < -0.4 is 4.74 Å². The van der Waals surface area contributed by atoms with Crippen LogP contribution in [0, 0.1) is 0 Å².